The highest BCUT2D eigenvalue weighted by Gasteiger charge is 2.19. The molecule has 0 saturated heterocycles. The summed E-state index contributed by atoms with van der Waals surface area (Å²) in [7, 11) is 1.59. The normalized spacial score (nSPS) is 11.7. The van der Waals surface area contributed by atoms with E-state index in [2.05, 4.69) is 22.1 Å². The standard InChI is InChI=1S/C22H23ClN4O2S/c1-4-12-27-21(18-13-17(23)10-11-19(18)29-3)25-26-22(27)30-14-20(28)24-15(2)16-8-6-5-7-9-16/h4-11,13,15H,1,12,14H2,2-3H3,(H,24,28). The second-order valence-corrected chi connectivity index (χ2v) is 7.92. The summed E-state index contributed by atoms with van der Waals surface area (Å²) in [6.45, 7) is 6.27. The number of thioether (sulfide) groups is 1. The molecule has 1 aromatic heterocycles. The summed E-state index contributed by atoms with van der Waals surface area (Å²) in [6.07, 6.45) is 1.76. The van der Waals surface area contributed by atoms with E-state index in [4.69, 9.17) is 16.3 Å². The fourth-order valence-electron chi connectivity index (χ4n) is 2.98. The summed E-state index contributed by atoms with van der Waals surface area (Å²) in [4.78, 5) is 12.4. The van der Waals surface area contributed by atoms with Gasteiger partial charge in [-0.15, -0.1) is 16.8 Å². The maximum absolute atomic E-state index is 12.4. The van der Waals surface area contributed by atoms with E-state index in [-0.39, 0.29) is 17.7 Å². The molecule has 0 radical (unpaired) electrons. The first kappa shape index (κ1) is 21.9. The fraction of sp³-hybridized carbons (Fsp3) is 0.227. The molecular weight excluding hydrogens is 420 g/mol. The molecule has 156 valence electrons. The van der Waals surface area contributed by atoms with Gasteiger partial charge in [0, 0.05) is 11.6 Å². The molecular formula is C22H23ClN4O2S. The van der Waals surface area contributed by atoms with E-state index in [1.54, 1.807) is 31.4 Å². The quantitative estimate of drug-likeness (QED) is 0.382. The van der Waals surface area contributed by atoms with Gasteiger partial charge in [-0.05, 0) is 30.7 Å². The van der Waals surface area contributed by atoms with Crippen LogP contribution in [0.15, 0.2) is 66.3 Å². The van der Waals surface area contributed by atoms with Crippen LogP contribution in [0.1, 0.15) is 18.5 Å². The van der Waals surface area contributed by atoms with Crippen LogP contribution in [0.25, 0.3) is 11.4 Å². The topological polar surface area (TPSA) is 69.0 Å². The van der Waals surface area contributed by atoms with Crippen molar-refractivity contribution in [1.82, 2.24) is 20.1 Å². The molecule has 6 nitrogen and oxygen atoms in total. The SMILES string of the molecule is C=CCn1c(SCC(=O)NC(C)c2ccccc2)nnc1-c1cc(Cl)ccc1OC. The highest BCUT2D eigenvalue weighted by atomic mass is 35.5. The minimum Gasteiger partial charge on any atom is -0.496 e. The van der Waals surface area contributed by atoms with Crippen molar-refractivity contribution in [3.8, 4) is 17.1 Å². The largest absolute Gasteiger partial charge is 0.496 e. The van der Waals surface area contributed by atoms with Crippen LogP contribution in [-0.2, 0) is 11.3 Å². The summed E-state index contributed by atoms with van der Waals surface area (Å²) < 4.78 is 7.33. The van der Waals surface area contributed by atoms with Gasteiger partial charge in [-0.25, -0.2) is 0 Å². The number of halogens is 1. The minimum absolute atomic E-state index is 0.0726. The number of hydrogen-bond acceptors (Lipinski definition) is 5. The summed E-state index contributed by atoms with van der Waals surface area (Å²) in [6, 6.07) is 15.1. The second-order valence-electron chi connectivity index (χ2n) is 6.54. The molecule has 0 spiro atoms. The number of nitrogens with one attached hydrogen (secondary N) is 1. The number of carbonyl (C=O) groups excluding carboxylic acids is 1. The Morgan fingerprint density at radius 1 is 1.30 bits per heavy atom. The van der Waals surface area contributed by atoms with Crippen LogP contribution < -0.4 is 10.1 Å². The average Bonchev–Trinajstić information content (AvgIpc) is 3.15. The number of nitrogens with zero attached hydrogens (tertiary/aromatic N) is 3. The number of allylic oxidation sites excluding steroid dienone is 1. The third-order valence-corrected chi connectivity index (χ3v) is 5.64. The van der Waals surface area contributed by atoms with Crippen LogP contribution in [-0.4, -0.2) is 33.5 Å². The number of benzene rings is 2. The molecule has 0 saturated carbocycles. The molecule has 1 unspecified atom stereocenters. The zero-order chi connectivity index (χ0) is 21.5. The molecule has 1 amide bonds. The maximum atomic E-state index is 12.4. The summed E-state index contributed by atoms with van der Waals surface area (Å²) >= 11 is 7.49. The average molecular weight is 443 g/mol. The van der Waals surface area contributed by atoms with Crippen molar-refractivity contribution in [3.63, 3.8) is 0 Å². The summed E-state index contributed by atoms with van der Waals surface area (Å²) in [5.41, 5.74) is 1.79. The van der Waals surface area contributed by atoms with Crippen LogP contribution in [0.5, 0.6) is 5.75 Å². The van der Waals surface area contributed by atoms with Crippen molar-refractivity contribution in [3.05, 3.63) is 71.8 Å². The minimum atomic E-state index is -0.0774. The van der Waals surface area contributed by atoms with Gasteiger partial charge in [0.25, 0.3) is 0 Å². The Hall–Kier alpha value is -2.77. The zero-order valence-corrected chi connectivity index (χ0v) is 18.4. The molecule has 1 heterocycles. The van der Waals surface area contributed by atoms with Crippen LogP contribution >= 0.6 is 23.4 Å². The molecule has 0 aliphatic carbocycles. The zero-order valence-electron chi connectivity index (χ0n) is 16.8. The van der Waals surface area contributed by atoms with Gasteiger partial charge in [0.05, 0.1) is 24.5 Å². The van der Waals surface area contributed by atoms with Gasteiger partial charge in [0.15, 0.2) is 11.0 Å². The number of hydrogen-bond donors (Lipinski definition) is 1. The monoisotopic (exact) mass is 442 g/mol. The Labute approximate surface area is 185 Å². The van der Waals surface area contributed by atoms with Crippen molar-refractivity contribution in [2.45, 2.75) is 24.7 Å². The van der Waals surface area contributed by atoms with Crippen LogP contribution in [0.4, 0.5) is 0 Å². The Kier molecular flexibility index (Phi) is 7.54. The first-order valence-corrected chi connectivity index (χ1v) is 10.7. The molecule has 0 bridgehead atoms. The number of rotatable bonds is 9. The van der Waals surface area contributed by atoms with Crippen molar-refractivity contribution < 1.29 is 9.53 Å². The fourth-order valence-corrected chi connectivity index (χ4v) is 3.91. The number of carbonyl (C=O) groups is 1. The van der Waals surface area contributed by atoms with Gasteiger partial charge in [0.1, 0.15) is 5.75 Å². The predicted octanol–water partition coefficient (Wildman–Crippen LogP) is 4.76. The Morgan fingerprint density at radius 3 is 2.77 bits per heavy atom. The molecule has 0 aliphatic heterocycles. The maximum Gasteiger partial charge on any atom is 0.230 e. The molecule has 2 aromatic carbocycles. The Morgan fingerprint density at radius 2 is 2.07 bits per heavy atom. The third-order valence-electron chi connectivity index (χ3n) is 4.44. The van der Waals surface area contributed by atoms with Gasteiger partial charge < -0.3 is 10.1 Å². The van der Waals surface area contributed by atoms with Gasteiger partial charge in [-0.2, -0.15) is 0 Å². The molecule has 1 atom stereocenters. The van der Waals surface area contributed by atoms with E-state index < -0.39 is 0 Å². The van der Waals surface area contributed by atoms with Crippen LogP contribution in [0.2, 0.25) is 5.02 Å². The van der Waals surface area contributed by atoms with E-state index in [1.165, 1.54) is 11.8 Å². The summed E-state index contributed by atoms with van der Waals surface area (Å²) in [5, 5.41) is 12.8. The van der Waals surface area contributed by atoms with Crippen molar-refractivity contribution >= 4 is 29.3 Å². The Balaban J connectivity index is 1.75. The number of amides is 1. The molecule has 8 heteroatoms. The smallest absolute Gasteiger partial charge is 0.230 e. The lowest BCUT2D eigenvalue weighted by molar-refractivity contribution is -0.119. The van der Waals surface area contributed by atoms with E-state index in [9.17, 15) is 4.79 Å². The van der Waals surface area contributed by atoms with Gasteiger partial charge in [0.2, 0.25) is 5.91 Å². The van der Waals surface area contributed by atoms with Crippen molar-refractivity contribution in [2.75, 3.05) is 12.9 Å². The lowest BCUT2D eigenvalue weighted by Crippen LogP contribution is -2.28. The summed E-state index contributed by atoms with van der Waals surface area (Å²) in [5.74, 6) is 1.39. The molecule has 1 N–H and O–H groups in total. The van der Waals surface area contributed by atoms with E-state index in [0.29, 0.717) is 28.3 Å². The van der Waals surface area contributed by atoms with Gasteiger partial charge in [-0.1, -0.05) is 59.8 Å². The van der Waals surface area contributed by atoms with Crippen molar-refractivity contribution in [1.29, 1.82) is 0 Å². The van der Waals surface area contributed by atoms with E-state index in [1.807, 2.05) is 41.8 Å². The van der Waals surface area contributed by atoms with Gasteiger partial charge in [-0.3, -0.25) is 9.36 Å². The molecule has 0 fully saturated rings. The third kappa shape index (κ3) is 5.23. The van der Waals surface area contributed by atoms with Crippen LogP contribution in [0.3, 0.4) is 0 Å². The van der Waals surface area contributed by atoms with Crippen LogP contribution in [0, 0.1) is 0 Å². The molecule has 3 rings (SSSR count). The number of aromatic nitrogens is 3. The first-order chi connectivity index (χ1) is 14.5. The molecule has 30 heavy (non-hydrogen) atoms. The number of methoxy groups -OCH3 is 1. The van der Waals surface area contributed by atoms with Crippen molar-refractivity contribution in [2.24, 2.45) is 0 Å². The Bertz CT molecular complexity index is 1020. The highest BCUT2D eigenvalue weighted by Crippen LogP contribution is 2.33. The highest BCUT2D eigenvalue weighted by molar-refractivity contribution is 7.99. The van der Waals surface area contributed by atoms with E-state index in [0.717, 1.165) is 11.1 Å². The predicted molar refractivity (Wildman–Crippen MR) is 121 cm³/mol. The lowest BCUT2D eigenvalue weighted by Gasteiger charge is -2.14. The molecule has 0 aliphatic rings. The second kappa shape index (κ2) is 10.3. The first-order valence-electron chi connectivity index (χ1n) is 9.38. The molecule has 3 aromatic rings. The lowest BCUT2D eigenvalue weighted by atomic mass is 10.1. The van der Waals surface area contributed by atoms with E-state index >= 15 is 0 Å². The van der Waals surface area contributed by atoms with Gasteiger partial charge >= 0.3 is 0 Å². The number of ether oxygens (including phenoxy) is 1.